The minimum absolute atomic E-state index is 0.000323. The van der Waals surface area contributed by atoms with Crippen LogP contribution in [0.4, 0.5) is 32.0 Å². The minimum atomic E-state index is -6.15. The van der Waals surface area contributed by atoms with Crippen molar-refractivity contribution in [2.45, 2.75) is 22.8 Å². The number of hydrogen-bond donors (Lipinski definition) is 3. The van der Waals surface area contributed by atoms with E-state index in [2.05, 4.69) is 0 Å². The molecule has 0 atom stereocenters. The van der Waals surface area contributed by atoms with Crippen LogP contribution in [0.2, 0.25) is 0 Å². The molecule has 0 saturated carbocycles. The number of fused-ring (bicyclic) bond motifs is 1. The molecule has 12 heteroatoms. The average Bonchev–Trinajstić information content (AvgIpc) is 2.43. The summed E-state index contributed by atoms with van der Waals surface area (Å²) in [4.78, 5) is -0.786. The Kier molecular flexibility index (Phi) is 4.22. The first-order valence-electron chi connectivity index (χ1n) is 6.26. The zero-order valence-corrected chi connectivity index (χ0v) is 12.7. The Morgan fingerprint density at radius 2 is 1.40 bits per heavy atom. The average molecular weight is 389 g/mol. The van der Waals surface area contributed by atoms with Crippen molar-refractivity contribution in [3.8, 4) is 0 Å². The van der Waals surface area contributed by atoms with Crippen molar-refractivity contribution in [2.24, 2.45) is 0 Å². The summed E-state index contributed by atoms with van der Waals surface area (Å²) in [5.41, 5.74) is -2.71. The van der Waals surface area contributed by atoms with Gasteiger partial charge in [-0.15, -0.1) is 0 Å². The van der Waals surface area contributed by atoms with E-state index in [-0.39, 0.29) is 5.39 Å². The van der Waals surface area contributed by atoms with Gasteiger partial charge in [0.05, 0.1) is 4.90 Å². The second kappa shape index (κ2) is 5.47. The van der Waals surface area contributed by atoms with Gasteiger partial charge in [0.1, 0.15) is 0 Å². The van der Waals surface area contributed by atoms with E-state index in [0.29, 0.717) is 12.1 Å². The van der Waals surface area contributed by atoms with Crippen molar-refractivity contribution in [1.29, 1.82) is 0 Å². The molecular weight excluding hydrogens is 380 g/mol. The topological polar surface area (TPSA) is 101 Å². The predicted octanol–water partition coefficient (Wildman–Crippen LogP) is 2.98. The number of aliphatic hydroxyl groups is 1. The highest BCUT2D eigenvalue weighted by molar-refractivity contribution is 7.85. The highest BCUT2D eigenvalue weighted by atomic mass is 32.2. The maximum atomic E-state index is 13.0. The van der Waals surface area contributed by atoms with E-state index in [1.807, 2.05) is 0 Å². The third-order valence-electron chi connectivity index (χ3n) is 3.54. The number of alkyl halides is 6. The molecule has 0 heterocycles. The lowest BCUT2D eigenvalue weighted by atomic mass is 9.88. The van der Waals surface area contributed by atoms with Gasteiger partial charge in [0.2, 0.25) is 0 Å². The van der Waals surface area contributed by atoms with Gasteiger partial charge in [-0.1, -0.05) is 18.2 Å². The highest BCUT2D eigenvalue weighted by Gasteiger charge is 2.72. The summed E-state index contributed by atoms with van der Waals surface area (Å²) in [6, 6.07) is 3.68. The van der Waals surface area contributed by atoms with Gasteiger partial charge in [0.15, 0.2) is 0 Å². The molecule has 0 amide bonds. The van der Waals surface area contributed by atoms with Crippen LogP contribution in [0.15, 0.2) is 35.2 Å². The van der Waals surface area contributed by atoms with Crippen LogP contribution in [0, 0.1) is 0 Å². The molecule has 0 aliphatic rings. The Labute approximate surface area is 136 Å². The second-order valence-electron chi connectivity index (χ2n) is 5.09. The molecule has 0 radical (unpaired) electrons. The quantitative estimate of drug-likeness (QED) is 0.417. The zero-order valence-electron chi connectivity index (χ0n) is 11.9. The molecule has 2 rings (SSSR count). The fraction of sp³-hybridized carbons (Fsp3) is 0.231. The molecule has 0 spiro atoms. The third-order valence-corrected chi connectivity index (χ3v) is 4.39. The molecule has 2 aromatic rings. The van der Waals surface area contributed by atoms with Crippen LogP contribution in [0.25, 0.3) is 10.8 Å². The first-order valence-corrected chi connectivity index (χ1v) is 7.70. The van der Waals surface area contributed by atoms with Crippen LogP contribution >= 0.6 is 0 Å². The molecule has 0 unspecified atom stereocenters. The van der Waals surface area contributed by atoms with Gasteiger partial charge in [-0.25, -0.2) is 0 Å². The van der Waals surface area contributed by atoms with E-state index in [9.17, 15) is 39.9 Å². The Balaban J connectivity index is 2.89. The Morgan fingerprint density at radius 1 is 0.920 bits per heavy atom. The normalized spacial score (nSPS) is 14.1. The van der Waals surface area contributed by atoms with Crippen LogP contribution in [0.5, 0.6) is 0 Å². The van der Waals surface area contributed by atoms with E-state index in [0.717, 1.165) is 18.2 Å². The summed E-state index contributed by atoms with van der Waals surface area (Å²) in [5, 5.41) is 8.91. The molecule has 0 aromatic heterocycles. The van der Waals surface area contributed by atoms with Crippen LogP contribution in [-0.2, 0) is 15.7 Å². The summed E-state index contributed by atoms with van der Waals surface area (Å²) in [6.45, 7) is 0. The highest BCUT2D eigenvalue weighted by Crippen LogP contribution is 2.52. The molecule has 2 aromatic carbocycles. The van der Waals surface area contributed by atoms with Crippen LogP contribution in [0.3, 0.4) is 0 Å². The number of nitrogens with two attached hydrogens (primary N) is 1. The minimum Gasteiger partial charge on any atom is -0.398 e. The standard InChI is InChI=1S/C13H9F6NO4S/c14-12(15,16)11(21,13(17,18)19)9-4-2-6-1-3-7(25(22,23)24)5-8(6)10(9)20/h1-5,21H,20H2,(H,22,23,24). The van der Waals surface area contributed by atoms with Gasteiger partial charge < -0.3 is 10.8 Å². The molecule has 0 saturated heterocycles. The van der Waals surface area contributed by atoms with E-state index in [1.165, 1.54) is 0 Å². The first kappa shape index (κ1) is 19.3. The van der Waals surface area contributed by atoms with E-state index in [1.54, 1.807) is 0 Å². The predicted molar refractivity (Wildman–Crippen MR) is 74.2 cm³/mol. The summed E-state index contributed by atoms with van der Waals surface area (Å²) in [6.07, 6.45) is -12.3. The van der Waals surface area contributed by atoms with Crippen molar-refractivity contribution in [1.82, 2.24) is 0 Å². The smallest absolute Gasteiger partial charge is 0.398 e. The number of halogens is 6. The van der Waals surface area contributed by atoms with Gasteiger partial charge >= 0.3 is 12.4 Å². The van der Waals surface area contributed by atoms with Gasteiger partial charge in [-0.3, -0.25) is 4.55 Å². The second-order valence-corrected chi connectivity index (χ2v) is 6.51. The largest absolute Gasteiger partial charge is 0.430 e. The Morgan fingerprint density at radius 3 is 1.84 bits per heavy atom. The molecule has 0 aliphatic carbocycles. The fourth-order valence-corrected chi connectivity index (χ4v) is 2.77. The zero-order chi connectivity index (χ0) is 19.4. The van der Waals surface area contributed by atoms with Crippen LogP contribution in [-0.4, -0.2) is 30.4 Å². The van der Waals surface area contributed by atoms with Gasteiger partial charge in [-0.2, -0.15) is 34.8 Å². The molecule has 0 fully saturated rings. The lowest BCUT2D eigenvalue weighted by Crippen LogP contribution is -2.54. The number of anilines is 1. The number of nitrogen functional groups attached to an aromatic ring is 1. The van der Waals surface area contributed by atoms with Gasteiger partial charge in [0, 0.05) is 16.6 Å². The van der Waals surface area contributed by atoms with Crippen LogP contribution in [0.1, 0.15) is 5.56 Å². The molecule has 138 valence electrons. The van der Waals surface area contributed by atoms with Gasteiger partial charge in [0.25, 0.3) is 15.7 Å². The lowest BCUT2D eigenvalue weighted by molar-refractivity contribution is -0.375. The molecule has 0 aliphatic heterocycles. The third kappa shape index (κ3) is 3.00. The first-order chi connectivity index (χ1) is 11.1. The van der Waals surface area contributed by atoms with Crippen LogP contribution < -0.4 is 5.73 Å². The van der Waals surface area contributed by atoms with Crippen molar-refractivity contribution in [3.63, 3.8) is 0 Å². The monoisotopic (exact) mass is 389 g/mol. The lowest BCUT2D eigenvalue weighted by Gasteiger charge is -2.33. The number of rotatable bonds is 2. The van der Waals surface area contributed by atoms with Crippen molar-refractivity contribution >= 4 is 26.6 Å². The number of benzene rings is 2. The molecule has 4 N–H and O–H groups in total. The Bertz CT molecular complexity index is 922. The van der Waals surface area contributed by atoms with E-state index < -0.39 is 49.6 Å². The maximum absolute atomic E-state index is 13.0. The Hall–Kier alpha value is -2.05. The van der Waals surface area contributed by atoms with Crippen molar-refractivity contribution < 1.29 is 44.4 Å². The summed E-state index contributed by atoms with van der Waals surface area (Å²) in [7, 11) is -4.78. The summed E-state index contributed by atoms with van der Waals surface area (Å²) < 4.78 is 109. The van der Waals surface area contributed by atoms with E-state index >= 15 is 0 Å². The molecule has 25 heavy (non-hydrogen) atoms. The van der Waals surface area contributed by atoms with Crippen molar-refractivity contribution in [3.05, 3.63) is 35.9 Å². The molecule has 5 nitrogen and oxygen atoms in total. The van der Waals surface area contributed by atoms with E-state index in [4.69, 9.17) is 10.3 Å². The van der Waals surface area contributed by atoms with Crippen molar-refractivity contribution in [2.75, 3.05) is 5.73 Å². The van der Waals surface area contributed by atoms with Gasteiger partial charge in [-0.05, 0) is 17.5 Å². The maximum Gasteiger partial charge on any atom is 0.430 e. The SMILES string of the molecule is Nc1c(C(O)(C(F)(F)F)C(F)(F)F)ccc2ccc(S(=O)(=O)O)cc12. The molecular formula is C13H9F6NO4S. The molecule has 0 bridgehead atoms. The fourth-order valence-electron chi connectivity index (χ4n) is 2.26. The summed E-state index contributed by atoms with van der Waals surface area (Å²) in [5.74, 6) is 0. The number of hydrogen-bond acceptors (Lipinski definition) is 4. The summed E-state index contributed by atoms with van der Waals surface area (Å²) >= 11 is 0.